The highest BCUT2D eigenvalue weighted by Crippen LogP contribution is 2.60. The van der Waals surface area contributed by atoms with E-state index in [1.807, 2.05) is 20.8 Å². The van der Waals surface area contributed by atoms with Crippen LogP contribution in [0.25, 0.3) is 0 Å². The molecule has 134 valence electrons. The van der Waals surface area contributed by atoms with Gasteiger partial charge in [-0.05, 0) is 35.8 Å². The van der Waals surface area contributed by atoms with E-state index in [2.05, 4.69) is 6.58 Å². The van der Waals surface area contributed by atoms with Crippen LogP contribution >= 0.6 is 0 Å². The minimum Gasteiger partial charge on any atom is -0.392 e. The van der Waals surface area contributed by atoms with Crippen LogP contribution < -0.4 is 0 Å². The molecule has 1 fully saturated rings. The second kappa shape index (κ2) is 5.92. The molecule has 0 aliphatic heterocycles. The molecule has 0 heterocycles. The number of aliphatic hydroxyl groups excluding tert-OH is 1. The van der Waals surface area contributed by atoms with Crippen molar-refractivity contribution in [2.24, 2.45) is 22.7 Å². The van der Waals surface area contributed by atoms with Crippen molar-refractivity contribution in [1.82, 2.24) is 0 Å². The summed E-state index contributed by atoms with van der Waals surface area (Å²) in [5, 5.41) is 22.4. The molecular weight excluding hydrogens is 304 g/mol. The van der Waals surface area contributed by atoms with Gasteiger partial charge in [0.15, 0.2) is 11.6 Å². The lowest BCUT2D eigenvalue weighted by Crippen LogP contribution is -2.68. The third-order valence-corrected chi connectivity index (χ3v) is 6.46. The first-order valence-electron chi connectivity index (χ1n) is 8.75. The lowest BCUT2D eigenvalue weighted by Gasteiger charge is -2.59. The summed E-state index contributed by atoms with van der Waals surface area (Å²) in [7, 11) is 0. The largest absolute Gasteiger partial charge is 0.392 e. The van der Waals surface area contributed by atoms with Crippen molar-refractivity contribution in [1.29, 1.82) is 0 Å². The van der Waals surface area contributed by atoms with Crippen LogP contribution in [0.3, 0.4) is 0 Å². The number of aliphatic hydroxyl groups is 2. The molecular formula is C20H30O4. The van der Waals surface area contributed by atoms with E-state index in [0.29, 0.717) is 18.4 Å². The van der Waals surface area contributed by atoms with Crippen LogP contribution in [0.5, 0.6) is 0 Å². The van der Waals surface area contributed by atoms with Gasteiger partial charge in [0, 0.05) is 6.42 Å². The summed E-state index contributed by atoms with van der Waals surface area (Å²) < 4.78 is 0. The van der Waals surface area contributed by atoms with Gasteiger partial charge in [-0.15, -0.1) is 6.58 Å². The van der Waals surface area contributed by atoms with Crippen molar-refractivity contribution in [2.45, 2.75) is 65.6 Å². The summed E-state index contributed by atoms with van der Waals surface area (Å²) >= 11 is 0. The zero-order valence-electron chi connectivity index (χ0n) is 15.4. The van der Waals surface area contributed by atoms with Gasteiger partial charge in [-0.3, -0.25) is 9.59 Å². The summed E-state index contributed by atoms with van der Waals surface area (Å²) in [4.78, 5) is 25.6. The Kier molecular flexibility index (Phi) is 4.70. The summed E-state index contributed by atoms with van der Waals surface area (Å²) in [5.41, 5.74) is -2.70. The lowest BCUT2D eigenvalue weighted by molar-refractivity contribution is -0.187. The van der Waals surface area contributed by atoms with E-state index < -0.39 is 23.0 Å². The fourth-order valence-corrected chi connectivity index (χ4v) is 4.59. The molecule has 0 aromatic carbocycles. The molecule has 0 radical (unpaired) electrons. The second-order valence-corrected chi connectivity index (χ2v) is 8.43. The monoisotopic (exact) mass is 334 g/mol. The van der Waals surface area contributed by atoms with Crippen molar-refractivity contribution in [2.75, 3.05) is 0 Å². The number of hydrogen-bond donors (Lipinski definition) is 2. The first-order valence-corrected chi connectivity index (χ1v) is 8.75. The maximum atomic E-state index is 13.1. The topological polar surface area (TPSA) is 74.6 Å². The van der Waals surface area contributed by atoms with Gasteiger partial charge in [-0.1, -0.05) is 40.7 Å². The van der Waals surface area contributed by atoms with Gasteiger partial charge in [-0.25, -0.2) is 0 Å². The molecule has 2 N–H and O–H groups in total. The highest BCUT2D eigenvalue weighted by molar-refractivity contribution is 6.03. The van der Waals surface area contributed by atoms with Crippen LogP contribution in [0.2, 0.25) is 0 Å². The molecule has 0 saturated heterocycles. The van der Waals surface area contributed by atoms with E-state index in [4.69, 9.17) is 0 Å². The zero-order chi connectivity index (χ0) is 18.5. The molecule has 2 rings (SSSR count). The molecule has 0 spiro atoms. The Bertz CT molecular complexity index is 603. The minimum absolute atomic E-state index is 0.101. The van der Waals surface area contributed by atoms with Crippen LogP contribution in [-0.2, 0) is 9.59 Å². The number of Topliss-reactive ketones (excluding diaryl/α,β-unsaturated/α-hetero) is 1. The SMILES string of the molecule is C=C[C@@H](C)CC(=O)[C@]1(O)[C@@H](C)C(=O)C=C2C(C)(C)CC[C@@H](O)[C@@]21C. The van der Waals surface area contributed by atoms with Gasteiger partial charge < -0.3 is 10.2 Å². The quantitative estimate of drug-likeness (QED) is 0.775. The molecule has 4 nitrogen and oxygen atoms in total. The van der Waals surface area contributed by atoms with Gasteiger partial charge in [0.25, 0.3) is 0 Å². The molecule has 0 aromatic heterocycles. The Morgan fingerprint density at radius 3 is 2.58 bits per heavy atom. The third kappa shape index (κ3) is 2.42. The van der Waals surface area contributed by atoms with Crippen LogP contribution in [0, 0.1) is 22.7 Å². The Morgan fingerprint density at radius 1 is 1.46 bits per heavy atom. The molecule has 2 aliphatic rings. The van der Waals surface area contributed by atoms with Crippen molar-refractivity contribution in [3.8, 4) is 0 Å². The molecule has 5 atom stereocenters. The van der Waals surface area contributed by atoms with Gasteiger partial charge in [-0.2, -0.15) is 0 Å². The Hall–Kier alpha value is -1.26. The maximum absolute atomic E-state index is 13.1. The second-order valence-electron chi connectivity index (χ2n) is 8.43. The molecule has 0 unspecified atom stereocenters. The number of carbonyl (C=O) groups is 2. The number of allylic oxidation sites excluding steroid dienone is 2. The number of ketones is 2. The van der Waals surface area contributed by atoms with Gasteiger partial charge in [0.1, 0.15) is 5.60 Å². The van der Waals surface area contributed by atoms with Crippen molar-refractivity contribution in [3.63, 3.8) is 0 Å². The van der Waals surface area contributed by atoms with Gasteiger partial charge in [0.2, 0.25) is 0 Å². The smallest absolute Gasteiger partial charge is 0.166 e. The highest BCUT2D eigenvalue weighted by atomic mass is 16.3. The lowest BCUT2D eigenvalue weighted by atomic mass is 9.47. The Balaban J connectivity index is 2.65. The summed E-state index contributed by atoms with van der Waals surface area (Å²) in [6, 6.07) is 0. The number of rotatable bonds is 4. The molecule has 0 amide bonds. The van der Waals surface area contributed by atoms with E-state index in [-0.39, 0.29) is 29.3 Å². The van der Waals surface area contributed by atoms with Crippen LogP contribution in [-0.4, -0.2) is 33.5 Å². The van der Waals surface area contributed by atoms with E-state index in [1.54, 1.807) is 26.0 Å². The number of carbonyl (C=O) groups excluding carboxylic acids is 2. The van der Waals surface area contributed by atoms with E-state index >= 15 is 0 Å². The average molecular weight is 334 g/mol. The van der Waals surface area contributed by atoms with Gasteiger partial charge >= 0.3 is 0 Å². The summed E-state index contributed by atoms with van der Waals surface area (Å²) in [6.45, 7) is 12.9. The van der Waals surface area contributed by atoms with Crippen molar-refractivity contribution in [3.05, 3.63) is 24.3 Å². The van der Waals surface area contributed by atoms with Crippen LogP contribution in [0.15, 0.2) is 24.3 Å². The van der Waals surface area contributed by atoms with E-state index in [9.17, 15) is 19.8 Å². The van der Waals surface area contributed by atoms with E-state index in [0.717, 1.165) is 0 Å². The zero-order valence-corrected chi connectivity index (χ0v) is 15.4. The predicted octanol–water partition coefficient (Wildman–Crippen LogP) is 2.83. The normalized spacial score (nSPS) is 39.6. The molecule has 0 bridgehead atoms. The molecule has 24 heavy (non-hydrogen) atoms. The fourth-order valence-electron chi connectivity index (χ4n) is 4.59. The first kappa shape index (κ1) is 19.1. The summed E-state index contributed by atoms with van der Waals surface area (Å²) in [6.07, 6.45) is 3.68. The number of fused-ring (bicyclic) bond motifs is 1. The number of hydrogen-bond acceptors (Lipinski definition) is 4. The average Bonchev–Trinajstić information content (AvgIpc) is 2.52. The third-order valence-electron chi connectivity index (χ3n) is 6.46. The Morgan fingerprint density at radius 2 is 2.04 bits per heavy atom. The highest BCUT2D eigenvalue weighted by Gasteiger charge is 2.66. The van der Waals surface area contributed by atoms with Crippen molar-refractivity contribution < 1.29 is 19.8 Å². The van der Waals surface area contributed by atoms with Crippen LogP contribution in [0.1, 0.15) is 53.9 Å². The summed E-state index contributed by atoms with van der Waals surface area (Å²) in [5.74, 6) is -1.61. The van der Waals surface area contributed by atoms with Crippen molar-refractivity contribution >= 4 is 11.6 Å². The minimum atomic E-state index is -1.90. The van der Waals surface area contributed by atoms with E-state index in [1.165, 1.54) is 0 Å². The fraction of sp³-hybridized carbons (Fsp3) is 0.700. The standard InChI is InChI=1S/C20H30O4/c1-7-12(2)10-17(23)20(24)13(3)14(21)11-15-18(4,5)9-8-16(22)19(15,20)6/h7,11-13,16,22,24H,1,8-10H2,2-6H3/t12-,13+,16-,19-,20-/m1/s1. The van der Waals surface area contributed by atoms with Gasteiger partial charge in [0.05, 0.1) is 17.4 Å². The molecule has 0 aromatic rings. The molecule has 4 heteroatoms. The first-order chi connectivity index (χ1) is 10.9. The Labute approximate surface area is 144 Å². The maximum Gasteiger partial charge on any atom is 0.166 e. The molecule has 2 aliphatic carbocycles. The molecule has 1 saturated carbocycles. The van der Waals surface area contributed by atoms with Crippen LogP contribution in [0.4, 0.5) is 0 Å². The predicted molar refractivity (Wildman–Crippen MR) is 93.3 cm³/mol.